The van der Waals surface area contributed by atoms with Crippen LogP contribution in [0.15, 0.2) is 31.1 Å². The Hall–Kier alpha value is -2.31. The highest BCUT2D eigenvalue weighted by Gasteiger charge is 2.31. The van der Waals surface area contributed by atoms with Crippen molar-refractivity contribution < 1.29 is 4.79 Å². The maximum absolute atomic E-state index is 12.6. The molecule has 0 bridgehead atoms. The fraction of sp³-hybridized carbons (Fsp3) is 0.588. The molecule has 2 aliphatic rings. The summed E-state index contributed by atoms with van der Waals surface area (Å²) in [7, 11) is 0. The van der Waals surface area contributed by atoms with Crippen LogP contribution in [0.4, 0.5) is 10.5 Å². The molecule has 1 saturated carbocycles. The molecule has 1 saturated heterocycles. The van der Waals surface area contributed by atoms with Gasteiger partial charge in [-0.2, -0.15) is 5.10 Å². The van der Waals surface area contributed by atoms with Gasteiger partial charge in [0.1, 0.15) is 0 Å². The molecule has 2 aromatic rings. The highest BCUT2D eigenvalue weighted by molar-refractivity contribution is 5.89. The lowest BCUT2D eigenvalue weighted by molar-refractivity contribution is 0.201. The van der Waals surface area contributed by atoms with Crippen molar-refractivity contribution in [2.45, 2.75) is 51.2 Å². The number of aromatic nitrogens is 4. The molecule has 1 aliphatic carbocycles. The molecule has 7 heteroatoms. The minimum atomic E-state index is -0.0313. The van der Waals surface area contributed by atoms with Gasteiger partial charge in [0.15, 0.2) is 0 Å². The third-order valence-corrected chi connectivity index (χ3v) is 5.19. The van der Waals surface area contributed by atoms with Crippen LogP contribution >= 0.6 is 0 Å². The zero-order valence-electron chi connectivity index (χ0n) is 14.0. The first kappa shape index (κ1) is 15.2. The number of carbonyl (C=O) groups is 1. The Labute approximate surface area is 141 Å². The number of anilines is 1. The fourth-order valence-electron chi connectivity index (χ4n) is 3.55. The summed E-state index contributed by atoms with van der Waals surface area (Å²) in [6.45, 7) is 3.79. The van der Waals surface area contributed by atoms with E-state index in [4.69, 9.17) is 0 Å². The Kier molecular flexibility index (Phi) is 4.00. The Morgan fingerprint density at radius 2 is 2.29 bits per heavy atom. The summed E-state index contributed by atoms with van der Waals surface area (Å²) in [5.74, 6) is 0.742. The largest absolute Gasteiger partial charge is 0.335 e. The molecule has 2 amide bonds. The Bertz CT molecular complexity index is 690. The molecule has 3 heterocycles. The number of rotatable bonds is 5. The highest BCUT2D eigenvalue weighted by Crippen LogP contribution is 2.39. The molecule has 2 fully saturated rings. The number of carbonyl (C=O) groups excluding carboxylic acids is 1. The van der Waals surface area contributed by atoms with E-state index in [0.717, 1.165) is 37.5 Å². The number of imidazole rings is 1. The van der Waals surface area contributed by atoms with E-state index < -0.39 is 0 Å². The van der Waals surface area contributed by atoms with Crippen LogP contribution in [-0.4, -0.2) is 42.8 Å². The molecular formula is C17H24N6O. The van der Waals surface area contributed by atoms with Crippen molar-refractivity contribution in [1.82, 2.24) is 24.2 Å². The lowest BCUT2D eigenvalue weighted by Crippen LogP contribution is -2.40. The number of urea groups is 1. The molecule has 2 aromatic heterocycles. The van der Waals surface area contributed by atoms with Gasteiger partial charge in [0.25, 0.3) is 0 Å². The first-order valence-corrected chi connectivity index (χ1v) is 8.78. The molecule has 0 spiro atoms. The van der Waals surface area contributed by atoms with Crippen LogP contribution in [0.25, 0.3) is 0 Å². The van der Waals surface area contributed by atoms with Crippen molar-refractivity contribution in [3.8, 4) is 0 Å². The van der Waals surface area contributed by atoms with Crippen molar-refractivity contribution in [3.05, 3.63) is 31.1 Å². The lowest BCUT2D eigenvalue weighted by Gasteiger charge is -2.25. The van der Waals surface area contributed by atoms with E-state index >= 15 is 0 Å². The van der Waals surface area contributed by atoms with Gasteiger partial charge in [-0.25, -0.2) is 9.78 Å². The third kappa shape index (κ3) is 3.16. The standard InChI is InChI=1S/C17H24N6O/c1-13(14-4-5-14)23-10-15(9-19-23)20-17(24)22-7-2-3-16(22)11-21-8-6-18-12-21/h6,8-10,12-14,16H,2-5,7,11H2,1H3,(H,20,24)/t13-,16+/m1/s1. The third-order valence-electron chi connectivity index (χ3n) is 5.19. The average Bonchev–Trinajstić information content (AvgIpc) is 2.97. The summed E-state index contributed by atoms with van der Waals surface area (Å²) < 4.78 is 4.01. The summed E-state index contributed by atoms with van der Waals surface area (Å²) in [6.07, 6.45) is 13.9. The molecule has 128 valence electrons. The van der Waals surface area contributed by atoms with Crippen LogP contribution < -0.4 is 5.32 Å². The molecule has 0 radical (unpaired) electrons. The zero-order chi connectivity index (χ0) is 16.5. The van der Waals surface area contributed by atoms with E-state index in [9.17, 15) is 4.79 Å². The molecule has 0 unspecified atom stereocenters. The topological polar surface area (TPSA) is 68.0 Å². The Morgan fingerprint density at radius 1 is 1.42 bits per heavy atom. The number of hydrogen-bond donors (Lipinski definition) is 1. The zero-order valence-corrected chi connectivity index (χ0v) is 14.0. The Morgan fingerprint density at radius 3 is 3.04 bits per heavy atom. The number of hydrogen-bond acceptors (Lipinski definition) is 3. The Balaban J connectivity index is 1.38. The van der Waals surface area contributed by atoms with E-state index in [0.29, 0.717) is 6.04 Å². The first-order chi connectivity index (χ1) is 11.7. The van der Waals surface area contributed by atoms with Gasteiger partial charge in [-0.3, -0.25) is 4.68 Å². The second-order valence-corrected chi connectivity index (χ2v) is 6.97. The van der Waals surface area contributed by atoms with Crippen LogP contribution in [0.1, 0.15) is 38.6 Å². The van der Waals surface area contributed by atoms with Gasteiger partial charge in [-0.05, 0) is 38.5 Å². The molecule has 1 N–H and O–H groups in total. The second kappa shape index (κ2) is 6.30. The van der Waals surface area contributed by atoms with E-state index in [1.807, 2.05) is 26.5 Å². The second-order valence-electron chi connectivity index (χ2n) is 6.97. The monoisotopic (exact) mass is 328 g/mol. The maximum Gasteiger partial charge on any atom is 0.322 e. The van der Waals surface area contributed by atoms with Crippen LogP contribution in [-0.2, 0) is 6.54 Å². The smallest absolute Gasteiger partial charge is 0.322 e. The van der Waals surface area contributed by atoms with E-state index in [1.54, 1.807) is 18.7 Å². The molecule has 7 nitrogen and oxygen atoms in total. The van der Waals surface area contributed by atoms with Crippen LogP contribution in [0.3, 0.4) is 0 Å². The quantitative estimate of drug-likeness (QED) is 0.917. The summed E-state index contributed by atoms with van der Waals surface area (Å²) in [4.78, 5) is 18.6. The number of nitrogens with zero attached hydrogens (tertiary/aromatic N) is 5. The minimum absolute atomic E-state index is 0.0313. The van der Waals surface area contributed by atoms with Gasteiger partial charge in [-0.15, -0.1) is 0 Å². The molecule has 4 rings (SSSR count). The van der Waals surface area contributed by atoms with E-state index in [2.05, 4.69) is 22.3 Å². The van der Waals surface area contributed by atoms with Gasteiger partial charge in [0.2, 0.25) is 0 Å². The van der Waals surface area contributed by atoms with Gasteiger partial charge < -0.3 is 14.8 Å². The summed E-state index contributed by atoms with van der Waals surface area (Å²) >= 11 is 0. The van der Waals surface area contributed by atoms with Gasteiger partial charge in [0.05, 0.1) is 30.3 Å². The van der Waals surface area contributed by atoms with Crippen LogP contribution in [0, 0.1) is 5.92 Å². The van der Waals surface area contributed by atoms with E-state index in [1.165, 1.54) is 12.8 Å². The van der Waals surface area contributed by atoms with Gasteiger partial charge >= 0.3 is 6.03 Å². The number of likely N-dealkylation sites (tertiary alicyclic amines) is 1. The molecule has 2 atom stereocenters. The molecule has 24 heavy (non-hydrogen) atoms. The average molecular weight is 328 g/mol. The molecular weight excluding hydrogens is 304 g/mol. The lowest BCUT2D eigenvalue weighted by atomic mass is 10.2. The highest BCUT2D eigenvalue weighted by atomic mass is 16.2. The first-order valence-electron chi connectivity index (χ1n) is 8.78. The number of nitrogens with one attached hydrogen (secondary N) is 1. The van der Waals surface area contributed by atoms with Crippen molar-refractivity contribution in [1.29, 1.82) is 0 Å². The minimum Gasteiger partial charge on any atom is -0.335 e. The van der Waals surface area contributed by atoms with Gasteiger partial charge in [-0.1, -0.05) is 0 Å². The fourth-order valence-corrected chi connectivity index (χ4v) is 3.55. The number of amides is 2. The van der Waals surface area contributed by atoms with Crippen LogP contribution in [0.5, 0.6) is 0 Å². The maximum atomic E-state index is 12.6. The van der Waals surface area contributed by atoms with Crippen molar-refractivity contribution in [2.24, 2.45) is 5.92 Å². The van der Waals surface area contributed by atoms with E-state index in [-0.39, 0.29) is 12.1 Å². The predicted octanol–water partition coefficient (Wildman–Crippen LogP) is 2.75. The van der Waals surface area contributed by atoms with Crippen molar-refractivity contribution in [2.75, 3.05) is 11.9 Å². The molecule has 1 aliphatic heterocycles. The summed E-state index contributed by atoms with van der Waals surface area (Å²) in [6, 6.07) is 0.604. The predicted molar refractivity (Wildman–Crippen MR) is 90.6 cm³/mol. The van der Waals surface area contributed by atoms with Crippen molar-refractivity contribution >= 4 is 11.7 Å². The normalized spacial score (nSPS) is 21.9. The summed E-state index contributed by atoms with van der Waals surface area (Å²) in [5, 5.41) is 7.41. The van der Waals surface area contributed by atoms with Gasteiger partial charge in [0, 0.05) is 31.7 Å². The van der Waals surface area contributed by atoms with Crippen molar-refractivity contribution in [3.63, 3.8) is 0 Å². The summed E-state index contributed by atoms with van der Waals surface area (Å²) in [5.41, 5.74) is 0.779. The SMILES string of the molecule is C[C@H](C1CC1)n1cc(NC(=O)N2CCC[C@H]2Cn2ccnc2)cn1. The van der Waals surface area contributed by atoms with Crippen LogP contribution in [0.2, 0.25) is 0 Å². The molecule has 0 aromatic carbocycles.